The molecule has 0 saturated heterocycles. The van der Waals surface area contributed by atoms with E-state index in [1.54, 1.807) is 30.3 Å². The van der Waals surface area contributed by atoms with E-state index >= 15 is 0 Å². The molecule has 0 amide bonds. The van der Waals surface area contributed by atoms with Crippen LogP contribution in [0, 0.1) is 0 Å². The lowest BCUT2D eigenvalue weighted by Gasteiger charge is -2.06. The van der Waals surface area contributed by atoms with Crippen LogP contribution < -0.4 is 5.73 Å². The molecule has 2 N–H and O–H groups in total. The number of esters is 1. The second kappa shape index (κ2) is 6.08. The van der Waals surface area contributed by atoms with Crippen molar-refractivity contribution < 1.29 is 9.53 Å². The van der Waals surface area contributed by atoms with Gasteiger partial charge in [-0.15, -0.1) is 0 Å². The molecule has 0 aromatic heterocycles. The van der Waals surface area contributed by atoms with Gasteiger partial charge in [0.25, 0.3) is 0 Å². The molecule has 0 bridgehead atoms. The Balaban J connectivity index is 2.03. The van der Waals surface area contributed by atoms with E-state index in [-0.39, 0.29) is 6.61 Å². The number of carbonyl (C=O) groups is 1. The number of nitrogens with two attached hydrogens (primary N) is 1. The van der Waals surface area contributed by atoms with E-state index in [1.807, 2.05) is 12.1 Å². The van der Waals surface area contributed by atoms with Crippen molar-refractivity contribution in [2.75, 3.05) is 5.73 Å². The molecule has 2 aromatic rings. The molecule has 3 nitrogen and oxygen atoms in total. The summed E-state index contributed by atoms with van der Waals surface area (Å²) in [6, 6.07) is 12.1. The summed E-state index contributed by atoms with van der Waals surface area (Å²) in [5.74, 6) is -0.414. The van der Waals surface area contributed by atoms with Gasteiger partial charge in [0.1, 0.15) is 6.61 Å². The fraction of sp³-hybridized carbons (Fsp3) is 0.0714. The number of anilines is 1. The first-order valence-electron chi connectivity index (χ1n) is 5.52. The average molecular weight is 341 g/mol. The minimum atomic E-state index is -0.414. The minimum Gasteiger partial charge on any atom is -0.457 e. The second-order valence-electron chi connectivity index (χ2n) is 3.98. The van der Waals surface area contributed by atoms with Crippen molar-refractivity contribution in [2.45, 2.75) is 6.61 Å². The van der Waals surface area contributed by atoms with E-state index in [0.717, 1.165) is 10.0 Å². The molecule has 0 heterocycles. The number of carbonyl (C=O) groups excluding carboxylic acids is 1. The van der Waals surface area contributed by atoms with E-state index in [9.17, 15) is 4.79 Å². The molecule has 0 aliphatic carbocycles. The molecule has 0 unspecified atom stereocenters. The quantitative estimate of drug-likeness (QED) is 0.677. The Bertz CT molecular complexity index is 579. The fourth-order valence-electron chi connectivity index (χ4n) is 1.54. The molecule has 0 saturated carbocycles. The highest BCUT2D eigenvalue weighted by molar-refractivity contribution is 9.10. The number of halogens is 2. The topological polar surface area (TPSA) is 52.3 Å². The van der Waals surface area contributed by atoms with Crippen LogP contribution in [0.1, 0.15) is 15.9 Å². The van der Waals surface area contributed by atoms with Gasteiger partial charge in [-0.1, -0.05) is 39.7 Å². The zero-order chi connectivity index (χ0) is 13.8. The molecule has 5 heteroatoms. The number of rotatable bonds is 3. The van der Waals surface area contributed by atoms with Gasteiger partial charge < -0.3 is 10.5 Å². The van der Waals surface area contributed by atoms with Crippen molar-refractivity contribution in [2.24, 2.45) is 0 Å². The van der Waals surface area contributed by atoms with Crippen LogP contribution in [0.15, 0.2) is 46.9 Å². The Hall–Kier alpha value is -1.52. The van der Waals surface area contributed by atoms with Crippen LogP contribution in [0.3, 0.4) is 0 Å². The number of hydrogen-bond acceptors (Lipinski definition) is 3. The molecule has 0 spiro atoms. The predicted molar refractivity (Wildman–Crippen MR) is 79.1 cm³/mol. The third-order valence-corrected chi connectivity index (χ3v) is 3.15. The van der Waals surface area contributed by atoms with E-state index in [4.69, 9.17) is 22.1 Å². The molecule has 2 rings (SSSR count). The first-order chi connectivity index (χ1) is 9.04. The third-order valence-electron chi connectivity index (χ3n) is 2.44. The van der Waals surface area contributed by atoms with Gasteiger partial charge in [0, 0.05) is 15.2 Å². The van der Waals surface area contributed by atoms with Crippen molar-refractivity contribution >= 4 is 39.2 Å². The van der Waals surface area contributed by atoms with Crippen molar-refractivity contribution in [1.82, 2.24) is 0 Å². The van der Waals surface area contributed by atoms with Crippen LogP contribution in [0.25, 0.3) is 0 Å². The highest BCUT2D eigenvalue weighted by Gasteiger charge is 2.09. The number of nitrogen functional groups attached to an aromatic ring is 1. The molecule has 98 valence electrons. The zero-order valence-electron chi connectivity index (χ0n) is 9.90. The van der Waals surface area contributed by atoms with E-state index in [0.29, 0.717) is 16.3 Å². The van der Waals surface area contributed by atoms with Crippen molar-refractivity contribution in [3.05, 3.63) is 63.1 Å². The van der Waals surface area contributed by atoms with Crippen molar-refractivity contribution in [3.63, 3.8) is 0 Å². The minimum absolute atomic E-state index is 0.197. The van der Waals surface area contributed by atoms with Crippen molar-refractivity contribution in [3.8, 4) is 0 Å². The van der Waals surface area contributed by atoms with E-state index in [1.165, 1.54) is 0 Å². The van der Waals surface area contributed by atoms with E-state index < -0.39 is 5.97 Å². The summed E-state index contributed by atoms with van der Waals surface area (Å²) in [6.07, 6.45) is 0. The summed E-state index contributed by atoms with van der Waals surface area (Å²) in [7, 11) is 0. The normalized spacial score (nSPS) is 10.2. The highest BCUT2D eigenvalue weighted by Crippen LogP contribution is 2.18. The summed E-state index contributed by atoms with van der Waals surface area (Å²) in [5.41, 5.74) is 7.47. The van der Waals surface area contributed by atoms with Crippen LogP contribution in [0.4, 0.5) is 5.69 Å². The standard InChI is InChI=1S/C14H11BrClNO2/c15-11-5-10(6-13(17)7-11)14(18)19-8-9-1-3-12(16)4-2-9/h1-7H,8,17H2. The summed E-state index contributed by atoms with van der Waals surface area (Å²) < 4.78 is 5.95. The molecule has 0 fully saturated rings. The SMILES string of the molecule is Nc1cc(Br)cc(C(=O)OCc2ccc(Cl)cc2)c1. The molecule has 0 radical (unpaired) electrons. The van der Waals surface area contributed by atoms with Crippen LogP contribution >= 0.6 is 27.5 Å². The lowest BCUT2D eigenvalue weighted by Crippen LogP contribution is -2.06. The fourth-order valence-corrected chi connectivity index (χ4v) is 2.18. The monoisotopic (exact) mass is 339 g/mol. The molecule has 2 aromatic carbocycles. The summed E-state index contributed by atoms with van der Waals surface area (Å²) >= 11 is 9.06. The summed E-state index contributed by atoms with van der Waals surface area (Å²) in [4.78, 5) is 11.9. The van der Waals surface area contributed by atoms with Crippen LogP contribution in [0.2, 0.25) is 5.02 Å². The zero-order valence-corrected chi connectivity index (χ0v) is 12.2. The largest absolute Gasteiger partial charge is 0.457 e. The van der Waals surface area contributed by atoms with Gasteiger partial charge in [0.15, 0.2) is 0 Å². The Kier molecular flexibility index (Phi) is 4.45. The van der Waals surface area contributed by atoms with Gasteiger partial charge in [0.2, 0.25) is 0 Å². The second-order valence-corrected chi connectivity index (χ2v) is 5.33. The first-order valence-corrected chi connectivity index (χ1v) is 6.69. The van der Waals surface area contributed by atoms with E-state index in [2.05, 4.69) is 15.9 Å². The number of hydrogen-bond donors (Lipinski definition) is 1. The molecule has 0 atom stereocenters. The molecule has 0 aliphatic heterocycles. The maximum atomic E-state index is 11.9. The Morgan fingerprint density at radius 2 is 1.89 bits per heavy atom. The molecular formula is C14H11BrClNO2. The maximum Gasteiger partial charge on any atom is 0.338 e. The summed E-state index contributed by atoms with van der Waals surface area (Å²) in [6.45, 7) is 0.197. The first kappa shape index (κ1) is 13.9. The predicted octanol–water partition coefficient (Wildman–Crippen LogP) is 4.04. The van der Waals surface area contributed by atoms with Gasteiger partial charge in [-0.05, 0) is 35.9 Å². The Morgan fingerprint density at radius 3 is 2.53 bits per heavy atom. The highest BCUT2D eigenvalue weighted by atomic mass is 79.9. The lowest BCUT2D eigenvalue weighted by molar-refractivity contribution is 0.0472. The Labute approximate surface area is 124 Å². The van der Waals surface area contributed by atoms with Crippen LogP contribution in [-0.4, -0.2) is 5.97 Å². The summed E-state index contributed by atoms with van der Waals surface area (Å²) in [5, 5.41) is 0.648. The average Bonchev–Trinajstić information content (AvgIpc) is 2.36. The molecular weight excluding hydrogens is 330 g/mol. The smallest absolute Gasteiger partial charge is 0.338 e. The third kappa shape index (κ3) is 3.98. The van der Waals surface area contributed by atoms with Gasteiger partial charge in [-0.3, -0.25) is 0 Å². The maximum absolute atomic E-state index is 11.9. The van der Waals surface area contributed by atoms with Crippen LogP contribution in [0.5, 0.6) is 0 Å². The lowest BCUT2D eigenvalue weighted by atomic mass is 10.2. The molecule has 19 heavy (non-hydrogen) atoms. The molecule has 0 aliphatic rings. The number of benzene rings is 2. The van der Waals surface area contributed by atoms with Gasteiger partial charge in [-0.2, -0.15) is 0 Å². The Morgan fingerprint density at radius 1 is 1.21 bits per heavy atom. The van der Waals surface area contributed by atoms with Gasteiger partial charge in [-0.25, -0.2) is 4.79 Å². The van der Waals surface area contributed by atoms with Gasteiger partial charge in [0.05, 0.1) is 5.56 Å². The van der Waals surface area contributed by atoms with Crippen LogP contribution in [-0.2, 0) is 11.3 Å². The number of ether oxygens (including phenoxy) is 1. The van der Waals surface area contributed by atoms with Gasteiger partial charge >= 0.3 is 5.97 Å². The van der Waals surface area contributed by atoms with Crippen molar-refractivity contribution in [1.29, 1.82) is 0 Å².